The van der Waals surface area contributed by atoms with Gasteiger partial charge in [-0.25, -0.2) is 0 Å². The molecule has 0 aromatic heterocycles. The minimum Gasteiger partial charge on any atom is -0.370 e. The number of nitrogens with zero attached hydrogens (tertiary/aromatic N) is 2. The van der Waals surface area contributed by atoms with Crippen molar-refractivity contribution in [2.24, 2.45) is 5.73 Å². The number of hydrogen-bond donors (Lipinski definition) is 1. The molecule has 19 heavy (non-hydrogen) atoms. The van der Waals surface area contributed by atoms with Crippen LogP contribution in [-0.2, 0) is 0 Å². The normalized spacial score (nSPS) is 15.9. The van der Waals surface area contributed by atoms with Crippen molar-refractivity contribution >= 4 is 5.69 Å². The lowest BCUT2D eigenvalue weighted by Gasteiger charge is -2.28. The Morgan fingerprint density at radius 2 is 1.89 bits per heavy atom. The van der Waals surface area contributed by atoms with Gasteiger partial charge >= 0.3 is 0 Å². The molecule has 106 valence electrons. The van der Waals surface area contributed by atoms with Crippen LogP contribution in [-0.4, -0.2) is 44.2 Å². The minimum atomic E-state index is 0.770. The molecule has 0 aliphatic carbocycles. The highest BCUT2D eigenvalue weighted by Crippen LogP contribution is 2.19. The first kappa shape index (κ1) is 14.4. The molecule has 3 nitrogen and oxygen atoms in total. The van der Waals surface area contributed by atoms with Gasteiger partial charge in [0.05, 0.1) is 0 Å². The number of hydrogen-bond acceptors (Lipinski definition) is 3. The summed E-state index contributed by atoms with van der Waals surface area (Å²) in [6, 6.07) is 8.67. The van der Waals surface area contributed by atoms with Crippen LogP contribution in [0.25, 0.3) is 0 Å². The number of para-hydroxylation sites is 1. The molecule has 1 aromatic rings. The summed E-state index contributed by atoms with van der Waals surface area (Å²) in [5.41, 5.74) is 8.41. The largest absolute Gasteiger partial charge is 0.370 e. The number of likely N-dealkylation sites (tertiary alicyclic amines) is 1. The monoisotopic (exact) mass is 261 g/mol. The lowest BCUT2D eigenvalue weighted by atomic mass is 10.1. The van der Waals surface area contributed by atoms with E-state index in [2.05, 4.69) is 41.0 Å². The van der Waals surface area contributed by atoms with Crippen molar-refractivity contribution in [1.82, 2.24) is 4.90 Å². The topological polar surface area (TPSA) is 32.5 Å². The van der Waals surface area contributed by atoms with Crippen LogP contribution in [0.3, 0.4) is 0 Å². The number of nitrogens with two attached hydrogens (primary N) is 1. The van der Waals surface area contributed by atoms with E-state index in [4.69, 9.17) is 5.73 Å². The van der Waals surface area contributed by atoms with Gasteiger partial charge in [-0.05, 0) is 57.5 Å². The van der Waals surface area contributed by atoms with Crippen molar-refractivity contribution in [3.8, 4) is 0 Å². The van der Waals surface area contributed by atoms with E-state index in [9.17, 15) is 0 Å². The summed E-state index contributed by atoms with van der Waals surface area (Å²) < 4.78 is 0. The average Bonchev–Trinajstić information content (AvgIpc) is 2.93. The summed E-state index contributed by atoms with van der Waals surface area (Å²) >= 11 is 0. The molecule has 3 heteroatoms. The Kier molecular flexibility index (Phi) is 5.67. The smallest absolute Gasteiger partial charge is 0.0396 e. The molecule has 0 amide bonds. The van der Waals surface area contributed by atoms with E-state index in [1.54, 1.807) is 0 Å². The first-order chi connectivity index (χ1) is 9.31. The molecular formula is C16H27N3. The third-order valence-corrected chi connectivity index (χ3v) is 3.97. The third-order valence-electron chi connectivity index (χ3n) is 3.97. The summed E-state index contributed by atoms with van der Waals surface area (Å²) in [4.78, 5) is 5.08. The predicted molar refractivity (Wildman–Crippen MR) is 82.7 cm³/mol. The van der Waals surface area contributed by atoms with Crippen molar-refractivity contribution in [2.45, 2.75) is 26.2 Å². The van der Waals surface area contributed by atoms with Crippen molar-refractivity contribution in [3.63, 3.8) is 0 Å². The van der Waals surface area contributed by atoms with Gasteiger partial charge in [-0.2, -0.15) is 0 Å². The van der Waals surface area contributed by atoms with Gasteiger partial charge in [0.1, 0.15) is 0 Å². The summed E-state index contributed by atoms with van der Waals surface area (Å²) in [6.07, 6.45) is 3.80. The summed E-state index contributed by atoms with van der Waals surface area (Å²) in [5, 5.41) is 0. The second-order valence-corrected chi connectivity index (χ2v) is 5.46. The maximum Gasteiger partial charge on any atom is 0.0396 e. The molecule has 1 aromatic carbocycles. The van der Waals surface area contributed by atoms with Gasteiger partial charge in [0.15, 0.2) is 0 Å². The molecule has 1 heterocycles. The average molecular weight is 261 g/mol. The van der Waals surface area contributed by atoms with Gasteiger partial charge in [-0.1, -0.05) is 18.2 Å². The van der Waals surface area contributed by atoms with Crippen molar-refractivity contribution < 1.29 is 0 Å². The summed E-state index contributed by atoms with van der Waals surface area (Å²) in [5.74, 6) is 0. The van der Waals surface area contributed by atoms with Crippen molar-refractivity contribution in [1.29, 1.82) is 0 Å². The molecule has 1 aliphatic heterocycles. The lowest BCUT2D eigenvalue weighted by molar-refractivity contribution is 0.344. The molecule has 0 spiro atoms. The van der Waals surface area contributed by atoms with Gasteiger partial charge in [0.2, 0.25) is 0 Å². The Labute approximate surface area is 117 Å². The SMILES string of the molecule is Cc1ccccc1N(CCCN)CCN1CCCC1. The van der Waals surface area contributed by atoms with Gasteiger partial charge in [-0.15, -0.1) is 0 Å². The number of anilines is 1. The van der Waals surface area contributed by atoms with Crippen LogP contribution in [0.15, 0.2) is 24.3 Å². The second kappa shape index (κ2) is 7.51. The first-order valence-electron chi connectivity index (χ1n) is 7.54. The van der Waals surface area contributed by atoms with Gasteiger partial charge in [0.25, 0.3) is 0 Å². The predicted octanol–water partition coefficient (Wildman–Crippen LogP) is 2.25. The van der Waals surface area contributed by atoms with E-state index >= 15 is 0 Å². The van der Waals surface area contributed by atoms with Gasteiger partial charge in [0, 0.05) is 25.3 Å². The fraction of sp³-hybridized carbons (Fsp3) is 0.625. The van der Waals surface area contributed by atoms with E-state index in [0.717, 1.165) is 26.1 Å². The Hall–Kier alpha value is -1.06. The van der Waals surface area contributed by atoms with Crippen molar-refractivity contribution in [3.05, 3.63) is 29.8 Å². The molecule has 1 aliphatic rings. The standard InChI is InChI=1S/C16H27N3/c1-15-7-2-3-8-16(15)19(12-6-9-17)14-13-18-10-4-5-11-18/h2-3,7-8H,4-6,9-14,17H2,1H3. The molecule has 0 atom stereocenters. The molecule has 0 unspecified atom stereocenters. The Morgan fingerprint density at radius 1 is 1.16 bits per heavy atom. The molecule has 0 bridgehead atoms. The molecular weight excluding hydrogens is 234 g/mol. The maximum atomic E-state index is 5.67. The second-order valence-electron chi connectivity index (χ2n) is 5.46. The Morgan fingerprint density at radius 3 is 2.58 bits per heavy atom. The minimum absolute atomic E-state index is 0.770. The van der Waals surface area contributed by atoms with E-state index < -0.39 is 0 Å². The molecule has 1 fully saturated rings. The lowest BCUT2D eigenvalue weighted by Crippen LogP contribution is -2.35. The first-order valence-corrected chi connectivity index (χ1v) is 7.54. The van der Waals surface area contributed by atoms with Crippen LogP contribution >= 0.6 is 0 Å². The van der Waals surface area contributed by atoms with E-state index in [0.29, 0.717) is 0 Å². The third kappa shape index (κ3) is 4.22. The van der Waals surface area contributed by atoms with Crippen LogP contribution in [0.5, 0.6) is 0 Å². The Balaban J connectivity index is 1.96. The Bertz CT molecular complexity index is 372. The quantitative estimate of drug-likeness (QED) is 0.817. The number of aryl methyl sites for hydroxylation is 1. The van der Waals surface area contributed by atoms with Crippen LogP contribution in [0.2, 0.25) is 0 Å². The zero-order chi connectivity index (χ0) is 13.5. The van der Waals surface area contributed by atoms with Crippen LogP contribution in [0.1, 0.15) is 24.8 Å². The van der Waals surface area contributed by atoms with Gasteiger partial charge < -0.3 is 15.5 Å². The summed E-state index contributed by atoms with van der Waals surface area (Å²) in [6.45, 7) is 8.88. The molecule has 2 rings (SSSR count). The fourth-order valence-electron chi connectivity index (χ4n) is 2.82. The molecule has 1 saturated heterocycles. The molecule has 0 saturated carbocycles. The summed E-state index contributed by atoms with van der Waals surface area (Å²) in [7, 11) is 0. The van der Waals surface area contributed by atoms with E-state index in [-0.39, 0.29) is 0 Å². The molecule has 2 N–H and O–H groups in total. The number of benzene rings is 1. The zero-order valence-corrected chi connectivity index (χ0v) is 12.1. The van der Waals surface area contributed by atoms with E-state index in [1.165, 1.54) is 43.7 Å². The fourth-order valence-corrected chi connectivity index (χ4v) is 2.82. The maximum absolute atomic E-state index is 5.67. The van der Waals surface area contributed by atoms with Crippen molar-refractivity contribution in [2.75, 3.05) is 44.2 Å². The van der Waals surface area contributed by atoms with Crippen LogP contribution < -0.4 is 10.6 Å². The highest BCUT2D eigenvalue weighted by Gasteiger charge is 2.14. The number of rotatable bonds is 7. The highest BCUT2D eigenvalue weighted by atomic mass is 15.2. The van der Waals surface area contributed by atoms with E-state index in [1.807, 2.05) is 0 Å². The van der Waals surface area contributed by atoms with Gasteiger partial charge in [-0.3, -0.25) is 0 Å². The molecule has 0 radical (unpaired) electrons. The zero-order valence-electron chi connectivity index (χ0n) is 12.1. The van der Waals surface area contributed by atoms with Crippen LogP contribution in [0, 0.1) is 6.92 Å². The van der Waals surface area contributed by atoms with Crippen LogP contribution in [0.4, 0.5) is 5.69 Å². The highest BCUT2D eigenvalue weighted by molar-refractivity contribution is 5.52.